The van der Waals surface area contributed by atoms with Crippen molar-refractivity contribution >= 4 is 0 Å². The monoisotopic (exact) mass is 137 g/mol. The SMILES string of the molecule is C1CCC2CCCC[C+]2C1. The lowest BCUT2D eigenvalue weighted by atomic mass is 9.71. The molecule has 2 fully saturated rings. The third-order valence-corrected chi connectivity index (χ3v) is 3.18. The second-order valence-electron chi connectivity index (χ2n) is 3.85. The molecule has 0 spiro atoms. The van der Waals surface area contributed by atoms with Crippen LogP contribution in [0.1, 0.15) is 51.4 Å². The van der Waals surface area contributed by atoms with Gasteiger partial charge >= 0.3 is 0 Å². The molecule has 0 aliphatic heterocycles. The van der Waals surface area contributed by atoms with Gasteiger partial charge in [0.1, 0.15) is 5.92 Å². The van der Waals surface area contributed by atoms with E-state index < -0.39 is 0 Å². The normalized spacial score (nSPS) is 28.2. The number of hydrogen-bond acceptors (Lipinski definition) is 0. The second kappa shape index (κ2) is 2.86. The van der Waals surface area contributed by atoms with E-state index in [1.165, 1.54) is 51.4 Å². The Balaban J connectivity index is 1.93. The zero-order chi connectivity index (χ0) is 6.81. The molecule has 0 aromatic rings. The van der Waals surface area contributed by atoms with Gasteiger partial charge < -0.3 is 0 Å². The lowest BCUT2D eigenvalue weighted by molar-refractivity contribution is 0.306. The van der Waals surface area contributed by atoms with Gasteiger partial charge in [0.05, 0.1) is 18.8 Å². The molecule has 0 radical (unpaired) electrons. The standard InChI is InChI=1S/C10H17/c1-2-6-10-8-4-3-7-9(10)5-1/h9H,1-8H2/q+1. The minimum absolute atomic E-state index is 1.07. The predicted molar refractivity (Wildman–Crippen MR) is 43.7 cm³/mol. The maximum Gasteiger partial charge on any atom is 0.100 e. The Morgan fingerprint density at radius 2 is 1.40 bits per heavy atom. The number of fused-ring (bicyclic) bond motifs is 1. The van der Waals surface area contributed by atoms with E-state index in [0.717, 1.165) is 5.92 Å². The first kappa shape index (κ1) is 6.57. The summed E-state index contributed by atoms with van der Waals surface area (Å²) in [5.41, 5.74) is 0. The summed E-state index contributed by atoms with van der Waals surface area (Å²) in [6, 6.07) is 0. The van der Waals surface area contributed by atoms with Crippen LogP contribution in [0.15, 0.2) is 0 Å². The van der Waals surface area contributed by atoms with Crippen LogP contribution in [0.3, 0.4) is 0 Å². The fourth-order valence-corrected chi connectivity index (χ4v) is 2.57. The van der Waals surface area contributed by atoms with E-state index in [1.807, 2.05) is 5.92 Å². The summed E-state index contributed by atoms with van der Waals surface area (Å²) in [5.74, 6) is 3.00. The Bertz CT molecular complexity index is 80.6. The quantitative estimate of drug-likeness (QED) is 0.449. The third-order valence-electron chi connectivity index (χ3n) is 3.18. The molecule has 0 atom stereocenters. The fourth-order valence-electron chi connectivity index (χ4n) is 2.57. The molecule has 0 unspecified atom stereocenters. The van der Waals surface area contributed by atoms with Crippen LogP contribution in [0.5, 0.6) is 0 Å². The smallest absolute Gasteiger partial charge is 0.0449 e. The first-order valence-corrected chi connectivity index (χ1v) is 4.81. The topological polar surface area (TPSA) is 0 Å². The van der Waals surface area contributed by atoms with Gasteiger partial charge in [0.25, 0.3) is 0 Å². The van der Waals surface area contributed by atoms with Crippen LogP contribution in [-0.2, 0) is 0 Å². The van der Waals surface area contributed by atoms with E-state index in [9.17, 15) is 0 Å². The van der Waals surface area contributed by atoms with E-state index in [2.05, 4.69) is 0 Å². The molecular formula is C10H17+. The summed E-state index contributed by atoms with van der Waals surface area (Å²) in [4.78, 5) is 0. The van der Waals surface area contributed by atoms with Crippen molar-refractivity contribution in [3.8, 4) is 0 Å². The highest BCUT2D eigenvalue weighted by atomic mass is 14.3. The Morgan fingerprint density at radius 3 is 1.90 bits per heavy atom. The molecule has 0 heteroatoms. The molecule has 0 nitrogen and oxygen atoms in total. The molecule has 0 aromatic heterocycles. The molecule has 56 valence electrons. The molecule has 0 aromatic carbocycles. The molecule has 0 heterocycles. The first-order chi connectivity index (χ1) is 4.97. The molecule has 0 amide bonds. The molecule has 2 aliphatic carbocycles. The maximum absolute atomic E-state index is 1.93. The van der Waals surface area contributed by atoms with Crippen LogP contribution in [0.2, 0.25) is 0 Å². The van der Waals surface area contributed by atoms with Crippen molar-refractivity contribution in [3.63, 3.8) is 0 Å². The highest BCUT2D eigenvalue weighted by Crippen LogP contribution is 2.41. The maximum atomic E-state index is 1.93. The lowest BCUT2D eigenvalue weighted by Gasteiger charge is -2.25. The first-order valence-electron chi connectivity index (χ1n) is 4.81. The van der Waals surface area contributed by atoms with Gasteiger partial charge in [-0.2, -0.15) is 0 Å². The summed E-state index contributed by atoms with van der Waals surface area (Å²) in [7, 11) is 0. The second-order valence-corrected chi connectivity index (χ2v) is 3.85. The largest absolute Gasteiger partial charge is 0.100 e. The minimum atomic E-state index is 1.07. The average Bonchev–Trinajstić information content (AvgIpc) is 2.05. The highest BCUT2D eigenvalue weighted by Gasteiger charge is 2.36. The predicted octanol–water partition coefficient (Wildman–Crippen LogP) is 3.33. The van der Waals surface area contributed by atoms with Crippen molar-refractivity contribution in [2.24, 2.45) is 5.92 Å². The third kappa shape index (κ3) is 1.16. The fraction of sp³-hybridized carbons (Fsp3) is 0.900. The van der Waals surface area contributed by atoms with E-state index in [4.69, 9.17) is 0 Å². The molecule has 0 saturated heterocycles. The summed E-state index contributed by atoms with van der Waals surface area (Å²) in [6.07, 6.45) is 12.0. The van der Waals surface area contributed by atoms with Crippen LogP contribution in [0, 0.1) is 11.8 Å². The number of rotatable bonds is 0. The van der Waals surface area contributed by atoms with E-state index >= 15 is 0 Å². The van der Waals surface area contributed by atoms with Gasteiger partial charge in [0.15, 0.2) is 0 Å². The lowest BCUT2D eigenvalue weighted by Crippen LogP contribution is -2.20. The van der Waals surface area contributed by atoms with Crippen LogP contribution in [0.25, 0.3) is 0 Å². The van der Waals surface area contributed by atoms with Crippen LogP contribution < -0.4 is 0 Å². The van der Waals surface area contributed by atoms with Crippen molar-refractivity contribution in [2.45, 2.75) is 51.4 Å². The molecule has 2 rings (SSSR count). The molecule has 2 aliphatic rings. The van der Waals surface area contributed by atoms with Crippen molar-refractivity contribution in [3.05, 3.63) is 5.92 Å². The van der Waals surface area contributed by atoms with Gasteiger partial charge in [-0.15, -0.1) is 0 Å². The van der Waals surface area contributed by atoms with Crippen molar-refractivity contribution in [1.82, 2.24) is 0 Å². The van der Waals surface area contributed by atoms with Gasteiger partial charge in [-0.3, -0.25) is 0 Å². The zero-order valence-corrected chi connectivity index (χ0v) is 6.73. The summed E-state index contributed by atoms with van der Waals surface area (Å²) >= 11 is 0. The Hall–Kier alpha value is -0.130. The summed E-state index contributed by atoms with van der Waals surface area (Å²) in [6.45, 7) is 0. The Kier molecular flexibility index (Phi) is 1.88. The Morgan fingerprint density at radius 1 is 0.800 bits per heavy atom. The van der Waals surface area contributed by atoms with E-state index in [-0.39, 0.29) is 0 Å². The van der Waals surface area contributed by atoms with Crippen LogP contribution >= 0.6 is 0 Å². The van der Waals surface area contributed by atoms with Crippen LogP contribution in [0.4, 0.5) is 0 Å². The van der Waals surface area contributed by atoms with Crippen molar-refractivity contribution in [2.75, 3.05) is 0 Å². The summed E-state index contributed by atoms with van der Waals surface area (Å²) in [5, 5.41) is 0. The van der Waals surface area contributed by atoms with Gasteiger partial charge in [-0.1, -0.05) is 0 Å². The molecule has 10 heavy (non-hydrogen) atoms. The zero-order valence-electron chi connectivity index (χ0n) is 6.73. The van der Waals surface area contributed by atoms with Gasteiger partial charge in [-0.25, -0.2) is 0 Å². The molecule has 0 N–H and O–H groups in total. The molecule has 0 bridgehead atoms. The highest BCUT2D eigenvalue weighted by molar-refractivity contribution is 5.01. The van der Waals surface area contributed by atoms with Crippen molar-refractivity contribution < 1.29 is 0 Å². The average molecular weight is 137 g/mol. The van der Waals surface area contributed by atoms with Gasteiger partial charge in [0, 0.05) is 0 Å². The van der Waals surface area contributed by atoms with E-state index in [0.29, 0.717) is 0 Å². The molecular weight excluding hydrogens is 120 g/mol. The summed E-state index contributed by atoms with van der Waals surface area (Å²) < 4.78 is 0. The van der Waals surface area contributed by atoms with Crippen LogP contribution in [-0.4, -0.2) is 0 Å². The van der Waals surface area contributed by atoms with Crippen molar-refractivity contribution in [1.29, 1.82) is 0 Å². The Labute approximate surface area is 64.0 Å². The van der Waals surface area contributed by atoms with E-state index in [1.54, 1.807) is 0 Å². The molecule has 2 saturated carbocycles. The van der Waals surface area contributed by atoms with Gasteiger partial charge in [0.2, 0.25) is 0 Å². The number of hydrogen-bond donors (Lipinski definition) is 0. The minimum Gasteiger partial charge on any atom is -0.0449 e. The van der Waals surface area contributed by atoms with Gasteiger partial charge in [-0.05, 0) is 38.5 Å².